The highest BCUT2D eigenvalue weighted by atomic mass is 35.5. The maximum atomic E-state index is 11.8. The van der Waals surface area contributed by atoms with Crippen molar-refractivity contribution in [1.29, 1.82) is 0 Å². The quantitative estimate of drug-likeness (QED) is 0.571. The second-order valence-electron chi connectivity index (χ2n) is 4.27. The molecule has 0 aromatic heterocycles. The summed E-state index contributed by atoms with van der Waals surface area (Å²) in [5.41, 5.74) is 2.11. The normalized spacial score (nSPS) is 22.1. The Kier molecular flexibility index (Phi) is 4.69. The molecule has 1 aromatic carbocycles. The van der Waals surface area contributed by atoms with Crippen molar-refractivity contribution in [1.82, 2.24) is 10.8 Å². The lowest BCUT2D eigenvalue weighted by Gasteiger charge is -2.25. The zero-order valence-electron chi connectivity index (χ0n) is 10.2. The number of carbonyl (C=O) groups excluding carboxylic acids is 2. The summed E-state index contributed by atoms with van der Waals surface area (Å²) in [7, 11) is 0. The molecule has 6 nitrogen and oxygen atoms in total. The zero-order chi connectivity index (χ0) is 14.7. The Bertz CT molecular complexity index is 538. The van der Waals surface area contributed by atoms with E-state index in [9.17, 15) is 14.7 Å². The lowest BCUT2D eigenvalue weighted by Crippen LogP contribution is -2.52. The first-order valence-electron chi connectivity index (χ1n) is 5.86. The van der Waals surface area contributed by atoms with Crippen LogP contribution in [-0.2, 0) is 9.59 Å². The van der Waals surface area contributed by atoms with Gasteiger partial charge in [0.25, 0.3) is 5.91 Å². The molecule has 108 valence electrons. The average molecular weight is 319 g/mol. The lowest BCUT2D eigenvalue weighted by molar-refractivity contribution is -0.146. The van der Waals surface area contributed by atoms with Gasteiger partial charge in [-0.1, -0.05) is 23.2 Å². The highest BCUT2D eigenvalue weighted by Crippen LogP contribution is 2.26. The minimum Gasteiger partial charge on any atom is -0.392 e. The number of rotatable bonds is 3. The Morgan fingerprint density at radius 1 is 1.40 bits per heavy atom. The van der Waals surface area contributed by atoms with Crippen LogP contribution in [0.1, 0.15) is 6.42 Å². The van der Waals surface area contributed by atoms with Gasteiger partial charge in [0.15, 0.2) is 5.75 Å². The first kappa shape index (κ1) is 14.9. The van der Waals surface area contributed by atoms with Crippen molar-refractivity contribution in [3.8, 4) is 5.75 Å². The fraction of sp³-hybridized carbons (Fsp3) is 0.333. The number of hydrogen-bond donors (Lipinski definition) is 3. The van der Waals surface area contributed by atoms with Crippen molar-refractivity contribution in [2.75, 3.05) is 6.54 Å². The summed E-state index contributed by atoms with van der Waals surface area (Å²) in [5, 5.41) is 12.8. The molecular weight excluding hydrogens is 307 g/mol. The van der Waals surface area contributed by atoms with E-state index in [2.05, 4.69) is 10.8 Å². The molecule has 8 heteroatoms. The van der Waals surface area contributed by atoms with Crippen molar-refractivity contribution in [3.05, 3.63) is 28.2 Å². The van der Waals surface area contributed by atoms with E-state index in [1.807, 2.05) is 0 Å². The van der Waals surface area contributed by atoms with Gasteiger partial charge < -0.3 is 15.3 Å². The summed E-state index contributed by atoms with van der Waals surface area (Å²) in [6.07, 6.45) is -0.711. The minimum absolute atomic E-state index is 0.262. The van der Waals surface area contributed by atoms with Crippen LogP contribution in [0.3, 0.4) is 0 Å². The molecule has 3 N–H and O–H groups in total. The van der Waals surface area contributed by atoms with Crippen molar-refractivity contribution >= 4 is 35.0 Å². The Labute approximate surface area is 125 Å². The van der Waals surface area contributed by atoms with Crippen molar-refractivity contribution in [2.45, 2.75) is 12.5 Å². The third-order valence-corrected chi connectivity index (χ3v) is 3.59. The second kappa shape index (κ2) is 6.30. The third-order valence-electron chi connectivity index (χ3n) is 2.85. The predicted molar refractivity (Wildman–Crippen MR) is 72.4 cm³/mol. The van der Waals surface area contributed by atoms with Gasteiger partial charge in [-0.2, -0.15) is 5.48 Å². The fourth-order valence-corrected chi connectivity index (χ4v) is 2.09. The number of carbonyl (C=O) groups is 2. The molecule has 1 aromatic rings. The maximum absolute atomic E-state index is 11.8. The zero-order valence-corrected chi connectivity index (χ0v) is 11.7. The molecule has 1 aliphatic rings. The van der Waals surface area contributed by atoms with Gasteiger partial charge in [-0.3, -0.25) is 9.59 Å². The van der Waals surface area contributed by atoms with Crippen LogP contribution in [-0.4, -0.2) is 29.6 Å². The van der Waals surface area contributed by atoms with Crippen molar-refractivity contribution in [3.63, 3.8) is 0 Å². The molecule has 1 heterocycles. The van der Waals surface area contributed by atoms with Crippen LogP contribution in [0.25, 0.3) is 0 Å². The fourth-order valence-electron chi connectivity index (χ4n) is 1.80. The van der Waals surface area contributed by atoms with E-state index in [0.717, 1.165) is 0 Å². The van der Waals surface area contributed by atoms with Gasteiger partial charge in [0.2, 0.25) is 5.91 Å². The number of nitrogens with one attached hydrogen (secondary N) is 2. The third kappa shape index (κ3) is 3.33. The van der Waals surface area contributed by atoms with Crippen LogP contribution in [0.5, 0.6) is 5.75 Å². The van der Waals surface area contributed by atoms with Gasteiger partial charge >= 0.3 is 0 Å². The number of aliphatic hydroxyl groups is 1. The Morgan fingerprint density at radius 3 is 2.80 bits per heavy atom. The van der Waals surface area contributed by atoms with E-state index in [1.54, 1.807) is 0 Å². The molecule has 2 atom stereocenters. The summed E-state index contributed by atoms with van der Waals surface area (Å²) in [6.45, 7) is 0.345. The van der Waals surface area contributed by atoms with Gasteiger partial charge in [0.05, 0.1) is 16.1 Å². The summed E-state index contributed by atoms with van der Waals surface area (Å²) >= 11 is 11.5. The van der Waals surface area contributed by atoms with E-state index in [4.69, 9.17) is 28.0 Å². The maximum Gasteiger partial charge on any atom is 0.267 e. The molecule has 0 radical (unpaired) electrons. The molecular formula is C12H12Cl2N2O4. The van der Waals surface area contributed by atoms with Crippen molar-refractivity contribution in [2.24, 2.45) is 5.92 Å². The van der Waals surface area contributed by atoms with Gasteiger partial charge in [-0.25, -0.2) is 0 Å². The van der Waals surface area contributed by atoms with E-state index in [1.165, 1.54) is 18.2 Å². The van der Waals surface area contributed by atoms with Crippen LogP contribution in [0.15, 0.2) is 18.2 Å². The number of hydroxylamine groups is 1. The summed E-state index contributed by atoms with van der Waals surface area (Å²) < 4.78 is 0. The van der Waals surface area contributed by atoms with Crippen LogP contribution < -0.4 is 15.6 Å². The summed E-state index contributed by atoms with van der Waals surface area (Å²) in [4.78, 5) is 28.4. The molecule has 0 bridgehead atoms. The number of aliphatic hydroxyl groups excluding tert-OH is 1. The first-order valence-corrected chi connectivity index (χ1v) is 6.62. The second-order valence-corrected chi connectivity index (χ2v) is 5.08. The molecule has 0 spiro atoms. The molecule has 2 amide bonds. The molecule has 20 heavy (non-hydrogen) atoms. The largest absolute Gasteiger partial charge is 0.392 e. The topological polar surface area (TPSA) is 87.7 Å². The number of hydrogen-bond acceptors (Lipinski definition) is 4. The monoisotopic (exact) mass is 318 g/mol. The van der Waals surface area contributed by atoms with Gasteiger partial charge in [-0.05, 0) is 18.6 Å². The Morgan fingerprint density at radius 2 is 2.15 bits per heavy atom. The number of halogens is 2. The smallest absolute Gasteiger partial charge is 0.267 e. The summed E-state index contributed by atoms with van der Waals surface area (Å²) in [6, 6.07) is 4.43. The van der Waals surface area contributed by atoms with E-state index in [-0.39, 0.29) is 10.8 Å². The molecule has 2 rings (SSSR count). The standard InChI is InChI=1S/C12H12Cl2N2O4/c13-7-2-1-6(5-8(7)14)20-16-12(19)10-9(17)3-4-15-11(10)18/h1-2,5,9-10,17H,3-4H2,(H,15,18)(H,16,19). The van der Waals surface area contributed by atoms with E-state index in [0.29, 0.717) is 18.0 Å². The van der Waals surface area contributed by atoms with Gasteiger partial charge in [-0.15, -0.1) is 0 Å². The van der Waals surface area contributed by atoms with Crippen LogP contribution in [0, 0.1) is 5.92 Å². The summed E-state index contributed by atoms with van der Waals surface area (Å²) in [5.74, 6) is -2.18. The molecule has 2 unspecified atom stereocenters. The van der Waals surface area contributed by atoms with Gasteiger partial charge in [0, 0.05) is 12.6 Å². The van der Waals surface area contributed by atoms with Gasteiger partial charge in [0.1, 0.15) is 5.92 Å². The number of benzene rings is 1. The lowest BCUT2D eigenvalue weighted by atomic mass is 9.95. The molecule has 1 aliphatic heterocycles. The minimum atomic E-state index is -1.19. The molecule has 1 saturated heterocycles. The molecule has 1 fully saturated rings. The number of amides is 2. The molecule has 0 aliphatic carbocycles. The van der Waals surface area contributed by atoms with Crippen LogP contribution in [0.4, 0.5) is 0 Å². The Balaban J connectivity index is 1.97. The SMILES string of the molecule is O=C1NCCC(O)C1C(=O)NOc1ccc(Cl)c(Cl)c1. The van der Waals surface area contributed by atoms with Crippen molar-refractivity contribution < 1.29 is 19.5 Å². The predicted octanol–water partition coefficient (Wildman–Crippen LogP) is 0.900. The molecule has 0 saturated carbocycles. The van der Waals surface area contributed by atoms with Crippen LogP contribution in [0.2, 0.25) is 10.0 Å². The average Bonchev–Trinajstić information content (AvgIpc) is 2.40. The Hall–Kier alpha value is -1.50. The first-order chi connectivity index (χ1) is 9.49. The van der Waals surface area contributed by atoms with Crippen LogP contribution >= 0.6 is 23.2 Å². The number of piperidine rings is 1. The van der Waals surface area contributed by atoms with E-state index >= 15 is 0 Å². The highest BCUT2D eigenvalue weighted by Gasteiger charge is 2.37. The van der Waals surface area contributed by atoms with E-state index < -0.39 is 23.8 Å². The highest BCUT2D eigenvalue weighted by molar-refractivity contribution is 6.42.